The maximum atomic E-state index is 5.46. The van der Waals surface area contributed by atoms with E-state index >= 15 is 0 Å². The fourth-order valence-electron chi connectivity index (χ4n) is 2.35. The smallest absolute Gasteiger partial charge is 0.122 e. The second-order valence-corrected chi connectivity index (χ2v) is 4.91. The summed E-state index contributed by atoms with van der Waals surface area (Å²) < 4.78 is 5.38. The summed E-state index contributed by atoms with van der Waals surface area (Å²) >= 11 is 0. The van der Waals surface area contributed by atoms with Gasteiger partial charge in [0, 0.05) is 13.1 Å². The highest BCUT2D eigenvalue weighted by Gasteiger charge is 2.07. The lowest BCUT2D eigenvalue weighted by molar-refractivity contribution is -0.129. The monoisotopic (exact) mass is 285 g/mol. The van der Waals surface area contributed by atoms with E-state index in [1.54, 1.807) is 14.2 Å². The van der Waals surface area contributed by atoms with Crippen LogP contribution in [0.25, 0.3) is 0 Å². The number of benzene rings is 2. The van der Waals surface area contributed by atoms with Crippen LogP contribution in [0.1, 0.15) is 11.1 Å². The van der Waals surface area contributed by atoms with Crippen LogP contribution < -0.4 is 4.74 Å². The van der Waals surface area contributed by atoms with E-state index in [1.807, 2.05) is 29.3 Å². The number of methoxy groups -OCH3 is 1. The molecule has 2 rings (SSSR count). The minimum Gasteiger partial charge on any atom is -0.496 e. The van der Waals surface area contributed by atoms with Gasteiger partial charge in [-0.25, -0.2) is 0 Å². The van der Waals surface area contributed by atoms with Crippen molar-refractivity contribution in [2.75, 3.05) is 27.3 Å². The van der Waals surface area contributed by atoms with Crippen LogP contribution in [0.5, 0.6) is 5.75 Å². The minimum atomic E-state index is 0.851. The van der Waals surface area contributed by atoms with Crippen molar-refractivity contribution in [3.8, 4) is 5.75 Å². The van der Waals surface area contributed by atoms with Gasteiger partial charge in [-0.15, -0.1) is 0 Å². The van der Waals surface area contributed by atoms with E-state index in [1.165, 1.54) is 11.1 Å². The molecule has 0 saturated carbocycles. The molecular formula is C18H23NO2. The molecule has 0 aliphatic rings. The van der Waals surface area contributed by atoms with Gasteiger partial charge in [0.1, 0.15) is 5.75 Å². The maximum absolute atomic E-state index is 5.46. The SMILES string of the molecule is COc1ccccc1CCN(CCc1ccccc1)OC. The van der Waals surface area contributed by atoms with Crippen molar-refractivity contribution in [2.24, 2.45) is 0 Å². The summed E-state index contributed by atoms with van der Waals surface area (Å²) in [5.41, 5.74) is 2.54. The highest BCUT2D eigenvalue weighted by molar-refractivity contribution is 5.33. The lowest BCUT2D eigenvalue weighted by Gasteiger charge is -2.20. The third-order valence-corrected chi connectivity index (χ3v) is 3.57. The molecule has 0 spiro atoms. The zero-order valence-electron chi connectivity index (χ0n) is 12.8. The van der Waals surface area contributed by atoms with Gasteiger partial charge in [-0.1, -0.05) is 48.5 Å². The first kappa shape index (κ1) is 15.5. The summed E-state index contributed by atoms with van der Waals surface area (Å²) in [6.45, 7) is 1.74. The van der Waals surface area contributed by atoms with Crippen molar-refractivity contribution in [2.45, 2.75) is 12.8 Å². The standard InChI is InChI=1S/C18H23NO2/c1-20-18-11-7-6-10-17(18)13-15-19(21-2)14-12-16-8-4-3-5-9-16/h3-11H,12-15H2,1-2H3. The molecule has 0 atom stereocenters. The fourth-order valence-corrected chi connectivity index (χ4v) is 2.35. The average Bonchev–Trinajstić information content (AvgIpc) is 2.56. The summed E-state index contributed by atoms with van der Waals surface area (Å²) in [6, 6.07) is 18.6. The van der Waals surface area contributed by atoms with Gasteiger partial charge in [0.05, 0.1) is 14.2 Å². The van der Waals surface area contributed by atoms with Crippen LogP contribution in [-0.2, 0) is 17.7 Å². The number of hydrogen-bond acceptors (Lipinski definition) is 3. The fraction of sp³-hybridized carbons (Fsp3) is 0.333. The van der Waals surface area contributed by atoms with E-state index in [4.69, 9.17) is 9.57 Å². The van der Waals surface area contributed by atoms with Crippen LogP contribution >= 0.6 is 0 Å². The van der Waals surface area contributed by atoms with Crippen molar-refractivity contribution in [1.29, 1.82) is 0 Å². The first-order valence-electron chi connectivity index (χ1n) is 7.28. The van der Waals surface area contributed by atoms with Crippen LogP contribution in [0.2, 0.25) is 0 Å². The summed E-state index contributed by atoms with van der Waals surface area (Å²) in [5, 5.41) is 2.00. The molecular weight excluding hydrogens is 262 g/mol. The Hall–Kier alpha value is -1.84. The topological polar surface area (TPSA) is 21.7 Å². The van der Waals surface area contributed by atoms with E-state index in [9.17, 15) is 0 Å². The molecule has 2 aromatic rings. The number of ether oxygens (including phenoxy) is 1. The number of nitrogens with zero attached hydrogens (tertiary/aromatic N) is 1. The van der Waals surface area contributed by atoms with Crippen LogP contribution in [0.4, 0.5) is 0 Å². The van der Waals surface area contributed by atoms with Crippen molar-refractivity contribution in [3.05, 3.63) is 65.7 Å². The number of hydrogen-bond donors (Lipinski definition) is 0. The lowest BCUT2D eigenvalue weighted by atomic mass is 10.1. The molecule has 3 heteroatoms. The quantitative estimate of drug-likeness (QED) is 0.694. The van der Waals surface area contributed by atoms with E-state index in [2.05, 4.69) is 30.3 Å². The molecule has 3 nitrogen and oxygen atoms in total. The van der Waals surface area contributed by atoms with Crippen LogP contribution in [-0.4, -0.2) is 32.4 Å². The van der Waals surface area contributed by atoms with Crippen molar-refractivity contribution in [3.63, 3.8) is 0 Å². The zero-order valence-corrected chi connectivity index (χ0v) is 12.8. The Balaban J connectivity index is 1.85. The Bertz CT molecular complexity index is 528. The van der Waals surface area contributed by atoms with E-state index < -0.39 is 0 Å². The predicted molar refractivity (Wildman–Crippen MR) is 85.4 cm³/mol. The molecule has 0 bridgehead atoms. The molecule has 0 amide bonds. The van der Waals surface area contributed by atoms with Gasteiger partial charge in [0.25, 0.3) is 0 Å². The van der Waals surface area contributed by atoms with E-state index in [-0.39, 0.29) is 0 Å². The molecule has 0 radical (unpaired) electrons. The Labute approximate surface area is 127 Å². The Morgan fingerprint density at radius 3 is 2.19 bits per heavy atom. The van der Waals surface area contributed by atoms with E-state index in [0.717, 1.165) is 31.7 Å². The number of hydroxylamine groups is 2. The van der Waals surface area contributed by atoms with Crippen molar-refractivity contribution < 1.29 is 9.57 Å². The molecule has 0 N–H and O–H groups in total. The van der Waals surface area contributed by atoms with Gasteiger partial charge >= 0.3 is 0 Å². The zero-order chi connectivity index (χ0) is 14.9. The highest BCUT2D eigenvalue weighted by atomic mass is 16.7. The Morgan fingerprint density at radius 1 is 0.810 bits per heavy atom. The van der Waals surface area contributed by atoms with Crippen LogP contribution in [0.15, 0.2) is 54.6 Å². The first-order chi connectivity index (χ1) is 10.3. The second-order valence-electron chi connectivity index (χ2n) is 4.91. The highest BCUT2D eigenvalue weighted by Crippen LogP contribution is 2.18. The summed E-state index contributed by atoms with van der Waals surface area (Å²) in [6.07, 6.45) is 1.90. The molecule has 21 heavy (non-hydrogen) atoms. The molecule has 0 saturated heterocycles. The molecule has 0 aliphatic carbocycles. The summed E-state index contributed by atoms with van der Waals surface area (Å²) in [5.74, 6) is 0.941. The average molecular weight is 285 g/mol. The first-order valence-corrected chi connectivity index (χ1v) is 7.28. The summed E-state index contributed by atoms with van der Waals surface area (Å²) in [4.78, 5) is 5.46. The predicted octanol–water partition coefficient (Wildman–Crippen LogP) is 3.34. The number of para-hydroxylation sites is 1. The van der Waals surface area contributed by atoms with Crippen LogP contribution in [0, 0.1) is 0 Å². The van der Waals surface area contributed by atoms with Gasteiger partial charge < -0.3 is 9.57 Å². The van der Waals surface area contributed by atoms with Crippen LogP contribution in [0.3, 0.4) is 0 Å². The largest absolute Gasteiger partial charge is 0.496 e. The van der Waals surface area contributed by atoms with Gasteiger partial charge in [-0.05, 0) is 30.0 Å². The molecule has 0 aromatic heterocycles. The normalized spacial score (nSPS) is 10.8. The Morgan fingerprint density at radius 2 is 1.48 bits per heavy atom. The van der Waals surface area contributed by atoms with Gasteiger partial charge in [-0.3, -0.25) is 0 Å². The van der Waals surface area contributed by atoms with Crippen molar-refractivity contribution >= 4 is 0 Å². The second kappa shape index (κ2) is 8.45. The Kier molecular flexibility index (Phi) is 6.25. The molecule has 0 unspecified atom stereocenters. The third-order valence-electron chi connectivity index (χ3n) is 3.57. The van der Waals surface area contributed by atoms with E-state index in [0.29, 0.717) is 0 Å². The molecule has 2 aromatic carbocycles. The van der Waals surface area contributed by atoms with Gasteiger partial charge in [-0.2, -0.15) is 5.06 Å². The molecule has 112 valence electrons. The lowest BCUT2D eigenvalue weighted by Crippen LogP contribution is -2.27. The molecule has 0 heterocycles. The van der Waals surface area contributed by atoms with Crippen molar-refractivity contribution in [1.82, 2.24) is 5.06 Å². The van der Waals surface area contributed by atoms with Gasteiger partial charge in [0.2, 0.25) is 0 Å². The summed E-state index contributed by atoms with van der Waals surface area (Å²) in [7, 11) is 3.44. The maximum Gasteiger partial charge on any atom is 0.122 e. The minimum absolute atomic E-state index is 0.851. The third kappa shape index (κ3) is 4.88. The van der Waals surface area contributed by atoms with Gasteiger partial charge in [0.15, 0.2) is 0 Å². The molecule has 0 fully saturated rings. The number of rotatable bonds is 8. The molecule has 0 aliphatic heterocycles.